The summed E-state index contributed by atoms with van der Waals surface area (Å²) >= 11 is 1.59. The average molecular weight is 389 g/mol. The summed E-state index contributed by atoms with van der Waals surface area (Å²) in [5.41, 5.74) is 1.61. The maximum Gasteiger partial charge on any atom is 0.341 e. The molecule has 2 aromatic rings. The molecule has 0 aliphatic heterocycles. The lowest BCUT2D eigenvalue weighted by atomic mass is 10.1. The van der Waals surface area contributed by atoms with E-state index in [9.17, 15) is 14.4 Å². The summed E-state index contributed by atoms with van der Waals surface area (Å²) < 4.78 is 5.08. The molecule has 7 heteroatoms. The molecule has 0 bridgehead atoms. The van der Waals surface area contributed by atoms with Crippen molar-refractivity contribution in [2.75, 3.05) is 13.7 Å². The number of thiophene rings is 1. The number of nitrogens with zero attached hydrogens (tertiary/aromatic N) is 1. The van der Waals surface area contributed by atoms with Crippen molar-refractivity contribution in [3.63, 3.8) is 0 Å². The normalized spacial score (nSPS) is 10.5. The van der Waals surface area contributed by atoms with Gasteiger partial charge in [0.2, 0.25) is 5.91 Å². The Kier molecular flexibility index (Phi) is 7.12. The van der Waals surface area contributed by atoms with Crippen LogP contribution in [0.5, 0.6) is 5.75 Å². The number of benzene rings is 1. The van der Waals surface area contributed by atoms with E-state index in [1.54, 1.807) is 47.5 Å². The third kappa shape index (κ3) is 6.21. The molecule has 0 saturated heterocycles. The second-order valence-corrected chi connectivity index (χ2v) is 7.79. The highest BCUT2D eigenvalue weighted by Crippen LogP contribution is 2.22. The number of aryl methyl sites for hydroxylation is 2. The van der Waals surface area contributed by atoms with Gasteiger partial charge in [-0.25, -0.2) is 4.79 Å². The van der Waals surface area contributed by atoms with Gasteiger partial charge in [0.15, 0.2) is 12.4 Å². The van der Waals surface area contributed by atoms with Crippen LogP contribution in [-0.2, 0) is 16.1 Å². The molecular weight excluding hydrogens is 366 g/mol. The van der Waals surface area contributed by atoms with E-state index < -0.39 is 12.6 Å². The first-order valence-electron chi connectivity index (χ1n) is 8.54. The third-order valence-electron chi connectivity index (χ3n) is 4.04. The largest absolute Gasteiger partial charge is 0.482 e. The summed E-state index contributed by atoms with van der Waals surface area (Å²) in [5.74, 6) is -0.674. The van der Waals surface area contributed by atoms with Crippen LogP contribution in [0.2, 0.25) is 0 Å². The Bertz CT molecular complexity index is 825. The molecule has 2 rings (SSSR count). The second-order valence-electron chi connectivity index (χ2n) is 6.33. The van der Waals surface area contributed by atoms with Gasteiger partial charge in [-0.05, 0) is 37.6 Å². The van der Waals surface area contributed by atoms with Crippen molar-refractivity contribution in [2.24, 2.45) is 0 Å². The molecule has 1 amide bonds. The van der Waals surface area contributed by atoms with Crippen molar-refractivity contribution in [1.82, 2.24) is 4.90 Å². The molecule has 1 aromatic carbocycles. The van der Waals surface area contributed by atoms with Crippen molar-refractivity contribution in [1.29, 1.82) is 0 Å². The molecule has 1 aromatic heterocycles. The Morgan fingerprint density at radius 3 is 2.33 bits per heavy atom. The molecule has 0 saturated carbocycles. The van der Waals surface area contributed by atoms with Gasteiger partial charge in [-0.15, -0.1) is 11.3 Å². The fourth-order valence-corrected chi connectivity index (χ4v) is 3.59. The van der Waals surface area contributed by atoms with Crippen LogP contribution in [0.1, 0.15) is 38.5 Å². The van der Waals surface area contributed by atoms with Gasteiger partial charge in [-0.2, -0.15) is 0 Å². The molecule has 0 atom stereocenters. The minimum absolute atomic E-state index is 0.00136. The van der Waals surface area contributed by atoms with Crippen LogP contribution in [-0.4, -0.2) is 41.3 Å². The fraction of sp³-hybridized carbons (Fsp3) is 0.350. The molecule has 0 unspecified atom stereocenters. The summed E-state index contributed by atoms with van der Waals surface area (Å²) in [7, 11) is 1.70. The minimum atomic E-state index is -1.04. The zero-order valence-electron chi connectivity index (χ0n) is 15.7. The van der Waals surface area contributed by atoms with Gasteiger partial charge in [-0.1, -0.05) is 12.1 Å². The molecule has 0 aliphatic rings. The van der Waals surface area contributed by atoms with Crippen molar-refractivity contribution in [3.05, 3.63) is 51.2 Å². The number of ketones is 1. The molecule has 0 spiro atoms. The number of carbonyl (C=O) groups excluding carboxylic acids is 2. The Hall–Kier alpha value is -2.67. The Balaban J connectivity index is 1.83. The van der Waals surface area contributed by atoms with Crippen LogP contribution in [0, 0.1) is 13.8 Å². The van der Waals surface area contributed by atoms with Crippen molar-refractivity contribution >= 4 is 29.0 Å². The summed E-state index contributed by atoms with van der Waals surface area (Å²) in [6.07, 6.45) is 0.367. The second kappa shape index (κ2) is 9.32. The maximum absolute atomic E-state index is 12.3. The highest BCUT2D eigenvalue weighted by molar-refractivity contribution is 7.12. The van der Waals surface area contributed by atoms with E-state index in [1.165, 1.54) is 0 Å². The average Bonchev–Trinajstić information content (AvgIpc) is 2.97. The first-order chi connectivity index (χ1) is 12.8. The van der Waals surface area contributed by atoms with Gasteiger partial charge in [0.1, 0.15) is 5.75 Å². The molecular formula is C20H23NO5S. The monoisotopic (exact) mass is 389 g/mol. The van der Waals surface area contributed by atoms with E-state index in [0.29, 0.717) is 17.9 Å². The molecule has 1 heterocycles. The van der Waals surface area contributed by atoms with Crippen LogP contribution in [0.3, 0.4) is 0 Å². The van der Waals surface area contributed by atoms with E-state index in [2.05, 4.69) is 0 Å². The van der Waals surface area contributed by atoms with Crippen LogP contribution in [0.25, 0.3) is 0 Å². The summed E-state index contributed by atoms with van der Waals surface area (Å²) in [6, 6.07) is 8.78. The summed E-state index contributed by atoms with van der Waals surface area (Å²) in [5, 5.41) is 8.60. The molecule has 6 nitrogen and oxygen atoms in total. The number of rotatable bonds is 9. The number of Topliss-reactive ketones (excluding diaryl/α,β-unsaturated/α-hetero) is 1. The molecule has 0 aliphatic carbocycles. The van der Waals surface area contributed by atoms with Crippen LogP contribution >= 0.6 is 11.3 Å². The summed E-state index contributed by atoms with van der Waals surface area (Å²) in [6.45, 7) is 3.89. The highest BCUT2D eigenvalue weighted by atomic mass is 32.1. The smallest absolute Gasteiger partial charge is 0.341 e. The zero-order chi connectivity index (χ0) is 20.0. The Labute approximate surface area is 162 Å². The lowest BCUT2D eigenvalue weighted by Gasteiger charge is -2.17. The third-order valence-corrected chi connectivity index (χ3v) is 5.00. The van der Waals surface area contributed by atoms with Crippen LogP contribution in [0.15, 0.2) is 30.3 Å². The lowest BCUT2D eigenvalue weighted by molar-refractivity contribution is -0.139. The number of ether oxygens (including phenoxy) is 1. The number of carboxylic acid groups (broad SMARTS) is 1. The molecule has 144 valence electrons. The first-order valence-corrected chi connectivity index (χ1v) is 9.35. The molecule has 0 fully saturated rings. The number of aliphatic carboxylic acids is 1. The van der Waals surface area contributed by atoms with Gasteiger partial charge in [0.05, 0.1) is 0 Å². The topological polar surface area (TPSA) is 83.9 Å². The van der Waals surface area contributed by atoms with Gasteiger partial charge in [0.25, 0.3) is 0 Å². The molecule has 0 radical (unpaired) electrons. The number of amides is 1. The van der Waals surface area contributed by atoms with E-state index in [0.717, 1.165) is 15.3 Å². The van der Waals surface area contributed by atoms with Crippen molar-refractivity contribution in [3.8, 4) is 5.75 Å². The fourth-order valence-electron chi connectivity index (χ4n) is 2.65. The predicted molar refractivity (Wildman–Crippen MR) is 103 cm³/mol. The summed E-state index contributed by atoms with van der Waals surface area (Å²) in [4.78, 5) is 38.7. The number of carbonyl (C=O) groups is 3. The van der Waals surface area contributed by atoms with E-state index in [4.69, 9.17) is 9.84 Å². The van der Waals surface area contributed by atoms with Crippen LogP contribution < -0.4 is 4.74 Å². The van der Waals surface area contributed by atoms with E-state index in [-0.39, 0.29) is 24.5 Å². The number of carboxylic acids is 1. The molecule has 1 N–H and O–H groups in total. The van der Waals surface area contributed by atoms with E-state index >= 15 is 0 Å². The van der Waals surface area contributed by atoms with Gasteiger partial charge in [-0.3, -0.25) is 9.59 Å². The Morgan fingerprint density at radius 1 is 1.11 bits per heavy atom. The predicted octanol–water partition coefficient (Wildman–Crippen LogP) is 3.45. The quantitative estimate of drug-likeness (QED) is 0.664. The van der Waals surface area contributed by atoms with Crippen LogP contribution in [0.4, 0.5) is 0 Å². The van der Waals surface area contributed by atoms with Crippen molar-refractivity contribution in [2.45, 2.75) is 33.2 Å². The zero-order valence-corrected chi connectivity index (χ0v) is 16.5. The number of hydrogen-bond donors (Lipinski definition) is 1. The molecule has 27 heavy (non-hydrogen) atoms. The highest BCUT2D eigenvalue weighted by Gasteiger charge is 2.16. The standard InChI is InChI=1S/C20H23NO5S/c1-13-10-17(14(2)27-13)18(22)8-9-19(23)21(3)11-15-4-6-16(7-5-15)26-12-20(24)25/h4-7,10H,8-9,11-12H2,1-3H3,(H,24,25). The SMILES string of the molecule is Cc1cc(C(=O)CCC(=O)N(C)Cc2ccc(OCC(=O)O)cc2)c(C)s1. The van der Waals surface area contributed by atoms with Gasteiger partial charge in [0, 0.05) is 41.8 Å². The van der Waals surface area contributed by atoms with Gasteiger partial charge < -0.3 is 14.7 Å². The maximum atomic E-state index is 12.3. The van der Waals surface area contributed by atoms with E-state index in [1.807, 2.05) is 19.9 Å². The van der Waals surface area contributed by atoms with Gasteiger partial charge >= 0.3 is 5.97 Å². The first kappa shape index (κ1) is 20.6. The lowest BCUT2D eigenvalue weighted by Crippen LogP contribution is -2.26. The minimum Gasteiger partial charge on any atom is -0.482 e. The Morgan fingerprint density at radius 2 is 1.78 bits per heavy atom. The number of hydrogen-bond acceptors (Lipinski definition) is 5. The van der Waals surface area contributed by atoms with Crippen molar-refractivity contribution < 1.29 is 24.2 Å².